The third-order valence-corrected chi connectivity index (χ3v) is 5.08. The van der Waals surface area contributed by atoms with Gasteiger partial charge in [-0.05, 0) is 31.5 Å². The maximum absolute atomic E-state index is 14.5. The molecule has 1 aliphatic rings. The highest BCUT2D eigenvalue weighted by atomic mass is 19.1. The summed E-state index contributed by atoms with van der Waals surface area (Å²) in [4.78, 5) is 40.9. The molecule has 1 atom stereocenters. The molecule has 1 heterocycles. The molecule has 0 spiro atoms. The number of benzodiazepines with no additional fused rings is 1. The summed E-state index contributed by atoms with van der Waals surface area (Å²) in [5, 5.41) is 21.1. The molecule has 1 aliphatic heterocycles. The van der Waals surface area contributed by atoms with Crippen LogP contribution < -0.4 is 4.90 Å². The lowest BCUT2D eigenvalue weighted by Gasteiger charge is -2.37. The van der Waals surface area contributed by atoms with E-state index in [0.29, 0.717) is 0 Å². The molecule has 0 aromatic heterocycles. The number of carboxylic acid groups (broad SMARTS) is 1. The maximum Gasteiger partial charge on any atom is 0.329 e. The predicted molar refractivity (Wildman–Crippen MR) is 104 cm³/mol. The van der Waals surface area contributed by atoms with Crippen molar-refractivity contribution >= 4 is 29.0 Å². The molecule has 0 radical (unpaired) electrons. The lowest BCUT2D eigenvalue weighted by Crippen LogP contribution is -2.56. The van der Waals surface area contributed by atoms with E-state index in [0.717, 1.165) is 4.90 Å². The number of benzene rings is 2. The number of nitro benzene ring substituents is 1. The molecule has 0 saturated carbocycles. The Morgan fingerprint density at radius 3 is 2.59 bits per heavy atom. The van der Waals surface area contributed by atoms with Crippen LogP contribution in [0.1, 0.15) is 31.4 Å². The first kappa shape index (κ1) is 20.1. The summed E-state index contributed by atoms with van der Waals surface area (Å²) in [5.41, 5.74) is -1.51. The molecule has 0 saturated heterocycles. The largest absolute Gasteiger partial charge is 0.479 e. The normalized spacial score (nSPS) is 15.8. The fourth-order valence-corrected chi connectivity index (χ4v) is 3.29. The number of fused-ring (bicyclic) bond motifs is 1. The van der Waals surface area contributed by atoms with E-state index in [2.05, 4.69) is 4.99 Å². The molecule has 8 nitrogen and oxygen atoms in total. The van der Waals surface area contributed by atoms with Gasteiger partial charge in [-0.25, -0.2) is 9.18 Å². The number of halogens is 1. The number of rotatable bonds is 5. The minimum atomic E-state index is -1.61. The van der Waals surface area contributed by atoms with E-state index in [1.165, 1.54) is 43.3 Å². The van der Waals surface area contributed by atoms with E-state index in [-0.39, 0.29) is 34.6 Å². The zero-order valence-electron chi connectivity index (χ0n) is 15.8. The minimum absolute atomic E-state index is 0.0569. The van der Waals surface area contributed by atoms with Gasteiger partial charge in [0.05, 0.1) is 16.3 Å². The van der Waals surface area contributed by atoms with E-state index in [4.69, 9.17) is 0 Å². The summed E-state index contributed by atoms with van der Waals surface area (Å²) in [7, 11) is 0. The quantitative estimate of drug-likeness (QED) is 0.613. The van der Waals surface area contributed by atoms with Crippen LogP contribution in [-0.4, -0.2) is 39.7 Å². The summed E-state index contributed by atoms with van der Waals surface area (Å²) < 4.78 is 14.5. The summed E-state index contributed by atoms with van der Waals surface area (Å²) >= 11 is 0. The van der Waals surface area contributed by atoms with Crippen LogP contribution in [0.4, 0.5) is 15.8 Å². The molecule has 3 rings (SSSR count). The number of aliphatic carboxylic acids is 1. The van der Waals surface area contributed by atoms with Crippen molar-refractivity contribution in [2.45, 2.75) is 25.8 Å². The van der Waals surface area contributed by atoms with Gasteiger partial charge in [0, 0.05) is 23.3 Å². The Kier molecular flexibility index (Phi) is 5.15. The van der Waals surface area contributed by atoms with Gasteiger partial charge >= 0.3 is 5.97 Å². The van der Waals surface area contributed by atoms with Gasteiger partial charge in [0.2, 0.25) is 5.91 Å². The van der Waals surface area contributed by atoms with Crippen LogP contribution >= 0.6 is 0 Å². The van der Waals surface area contributed by atoms with Crippen LogP contribution in [0.25, 0.3) is 0 Å². The molecule has 29 heavy (non-hydrogen) atoms. The van der Waals surface area contributed by atoms with E-state index in [9.17, 15) is 29.2 Å². The lowest BCUT2D eigenvalue weighted by molar-refractivity contribution is -0.384. The second-order valence-corrected chi connectivity index (χ2v) is 6.76. The summed E-state index contributed by atoms with van der Waals surface area (Å²) in [6.45, 7) is 2.59. The number of nitrogens with zero attached hydrogens (tertiary/aromatic N) is 3. The highest BCUT2D eigenvalue weighted by molar-refractivity contribution is 6.21. The first-order valence-electron chi connectivity index (χ1n) is 8.85. The standard InChI is InChI=1S/C20H18FN3O5/c1-3-20(2,19(26)27)23-16-9-8-12(24(28)29)10-14(16)18(22-11-17(23)25)13-6-4-5-7-15(13)21/h4-10H,3,11H2,1-2H3,(H,26,27). The number of hydrogen-bond acceptors (Lipinski definition) is 5. The number of aliphatic imine (C=N–C) groups is 1. The third kappa shape index (κ3) is 3.35. The number of non-ortho nitro benzene ring substituents is 1. The average molecular weight is 399 g/mol. The predicted octanol–water partition coefficient (Wildman–Crippen LogP) is 3.17. The van der Waals surface area contributed by atoms with Crippen molar-refractivity contribution in [3.8, 4) is 0 Å². The van der Waals surface area contributed by atoms with Crippen LogP contribution in [0.5, 0.6) is 0 Å². The van der Waals surface area contributed by atoms with Gasteiger partial charge in [-0.15, -0.1) is 0 Å². The Bertz CT molecular complexity index is 1050. The van der Waals surface area contributed by atoms with Gasteiger partial charge < -0.3 is 5.11 Å². The summed E-state index contributed by atoms with van der Waals surface area (Å²) in [6, 6.07) is 9.41. The van der Waals surface area contributed by atoms with Crippen LogP contribution in [0.2, 0.25) is 0 Å². The van der Waals surface area contributed by atoms with E-state index in [1.54, 1.807) is 13.0 Å². The van der Waals surface area contributed by atoms with Crippen molar-refractivity contribution < 1.29 is 24.0 Å². The topological polar surface area (TPSA) is 113 Å². The molecule has 1 unspecified atom stereocenters. The van der Waals surface area contributed by atoms with Gasteiger partial charge in [-0.1, -0.05) is 19.1 Å². The second kappa shape index (κ2) is 7.42. The van der Waals surface area contributed by atoms with E-state index >= 15 is 0 Å². The smallest absolute Gasteiger partial charge is 0.329 e. The van der Waals surface area contributed by atoms with Gasteiger partial charge in [0.15, 0.2) is 0 Å². The van der Waals surface area contributed by atoms with Gasteiger partial charge in [0.1, 0.15) is 17.9 Å². The molecule has 1 N–H and O–H groups in total. The Labute approximate surface area is 165 Å². The number of anilines is 1. The van der Waals surface area contributed by atoms with Crippen LogP contribution in [0.15, 0.2) is 47.5 Å². The molecule has 2 aromatic rings. The van der Waals surface area contributed by atoms with Crippen molar-refractivity contribution in [2.24, 2.45) is 4.99 Å². The molecule has 0 bridgehead atoms. The maximum atomic E-state index is 14.5. The fourth-order valence-electron chi connectivity index (χ4n) is 3.29. The molecular formula is C20H18FN3O5. The number of hydrogen-bond donors (Lipinski definition) is 1. The molecule has 0 fully saturated rings. The monoisotopic (exact) mass is 399 g/mol. The van der Waals surface area contributed by atoms with Crippen molar-refractivity contribution in [1.82, 2.24) is 0 Å². The van der Waals surface area contributed by atoms with Gasteiger partial charge in [0.25, 0.3) is 5.69 Å². The summed E-state index contributed by atoms with van der Waals surface area (Å²) in [5.74, 6) is -2.44. The fraction of sp³-hybridized carbons (Fsp3) is 0.250. The van der Waals surface area contributed by atoms with E-state index in [1.807, 2.05) is 0 Å². The van der Waals surface area contributed by atoms with Crippen molar-refractivity contribution in [2.75, 3.05) is 11.4 Å². The number of carbonyl (C=O) groups excluding carboxylic acids is 1. The van der Waals surface area contributed by atoms with Crippen LogP contribution in [0.3, 0.4) is 0 Å². The number of carboxylic acids is 1. The zero-order chi connectivity index (χ0) is 21.3. The molecule has 0 aliphatic carbocycles. The van der Waals surface area contributed by atoms with E-state index < -0.39 is 34.7 Å². The first-order chi connectivity index (χ1) is 13.7. The lowest BCUT2D eigenvalue weighted by atomic mass is 9.92. The van der Waals surface area contributed by atoms with Crippen molar-refractivity contribution in [3.63, 3.8) is 0 Å². The second-order valence-electron chi connectivity index (χ2n) is 6.76. The van der Waals surface area contributed by atoms with Crippen LogP contribution in [-0.2, 0) is 9.59 Å². The van der Waals surface area contributed by atoms with Gasteiger partial charge in [-0.3, -0.25) is 24.8 Å². The SMILES string of the molecule is CCC(C)(C(=O)O)N1C(=O)CN=C(c2ccccc2F)c2cc([N+](=O)[O-])ccc21. The number of amides is 1. The molecular weight excluding hydrogens is 381 g/mol. The Balaban J connectivity index is 2.34. The molecule has 150 valence electrons. The van der Waals surface area contributed by atoms with Crippen LogP contribution in [0, 0.1) is 15.9 Å². The Morgan fingerprint density at radius 1 is 1.31 bits per heavy atom. The summed E-state index contributed by atoms with van der Waals surface area (Å²) in [6.07, 6.45) is 0.0829. The van der Waals surface area contributed by atoms with Gasteiger partial charge in [-0.2, -0.15) is 0 Å². The Morgan fingerprint density at radius 2 is 2.00 bits per heavy atom. The van der Waals surface area contributed by atoms with Crippen molar-refractivity contribution in [3.05, 3.63) is 69.5 Å². The molecule has 9 heteroatoms. The van der Waals surface area contributed by atoms with Crippen molar-refractivity contribution in [1.29, 1.82) is 0 Å². The highest BCUT2D eigenvalue weighted by Crippen LogP contribution is 2.36. The molecule has 2 aromatic carbocycles. The Hall–Kier alpha value is -3.62. The minimum Gasteiger partial charge on any atom is -0.479 e. The third-order valence-electron chi connectivity index (χ3n) is 5.08. The zero-order valence-corrected chi connectivity index (χ0v) is 15.8. The number of nitro groups is 1. The number of carbonyl (C=O) groups is 2. The average Bonchev–Trinajstić information content (AvgIpc) is 2.83. The molecule has 1 amide bonds. The first-order valence-corrected chi connectivity index (χ1v) is 8.85. The highest BCUT2D eigenvalue weighted by Gasteiger charge is 2.44.